The van der Waals surface area contributed by atoms with Crippen LogP contribution in [0.2, 0.25) is 0 Å². The maximum absolute atomic E-state index is 5.65. The first-order valence-electron chi connectivity index (χ1n) is 4.38. The van der Waals surface area contributed by atoms with Gasteiger partial charge in [0.15, 0.2) is 0 Å². The first-order chi connectivity index (χ1) is 5.59. The number of nitrogens with two attached hydrogens (primary N) is 1. The fraction of sp³-hybridized carbons (Fsp3) is 0.667. The lowest BCUT2D eigenvalue weighted by atomic mass is 10.1. The minimum atomic E-state index is 0.730. The molecule has 1 rings (SSSR count). The molecule has 0 saturated heterocycles. The highest BCUT2D eigenvalue weighted by Gasteiger charge is 2.02. The van der Waals surface area contributed by atoms with Crippen LogP contribution in [0.1, 0.15) is 26.0 Å². The third-order valence-electron chi connectivity index (χ3n) is 1.94. The summed E-state index contributed by atoms with van der Waals surface area (Å²) in [4.78, 5) is 0. The third-order valence-corrected chi connectivity index (χ3v) is 1.94. The minimum absolute atomic E-state index is 0.730. The van der Waals surface area contributed by atoms with Crippen molar-refractivity contribution in [2.45, 2.75) is 26.7 Å². The number of hydrogen-bond acceptors (Lipinski definition) is 2. The van der Waals surface area contributed by atoms with Crippen molar-refractivity contribution in [1.82, 2.24) is 9.78 Å². The van der Waals surface area contributed by atoms with Gasteiger partial charge in [-0.1, -0.05) is 13.8 Å². The fourth-order valence-electron chi connectivity index (χ4n) is 1.10. The molecule has 0 saturated carbocycles. The van der Waals surface area contributed by atoms with Crippen molar-refractivity contribution in [3.05, 3.63) is 11.8 Å². The molecule has 3 heteroatoms. The molecule has 1 aromatic rings. The van der Waals surface area contributed by atoms with Crippen LogP contribution >= 0.6 is 0 Å². The molecule has 2 N–H and O–H groups in total. The van der Waals surface area contributed by atoms with E-state index in [9.17, 15) is 0 Å². The van der Waals surface area contributed by atoms with E-state index in [-0.39, 0.29) is 0 Å². The molecule has 0 atom stereocenters. The Labute approximate surface area is 73.6 Å². The van der Waals surface area contributed by atoms with Crippen molar-refractivity contribution in [1.29, 1.82) is 0 Å². The molecule has 0 aromatic carbocycles. The van der Waals surface area contributed by atoms with E-state index in [1.165, 1.54) is 6.42 Å². The Morgan fingerprint density at radius 1 is 1.58 bits per heavy atom. The van der Waals surface area contributed by atoms with E-state index < -0.39 is 0 Å². The topological polar surface area (TPSA) is 43.8 Å². The zero-order valence-corrected chi connectivity index (χ0v) is 8.04. The van der Waals surface area contributed by atoms with Gasteiger partial charge in [0.1, 0.15) is 5.82 Å². The van der Waals surface area contributed by atoms with Crippen molar-refractivity contribution < 1.29 is 0 Å². The summed E-state index contributed by atoms with van der Waals surface area (Å²) < 4.78 is 1.72. The zero-order valence-electron chi connectivity index (χ0n) is 8.04. The van der Waals surface area contributed by atoms with E-state index in [0.717, 1.165) is 23.9 Å². The minimum Gasteiger partial charge on any atom is -0.384 e. The Hall–Kier alpha value is -0.990. The molecular formula is C9H17N3. The Kier molecular flexibility index (Phi) is 2.74. The summed E-state index contributed by atoms with van der Waals surface area (Å²) in [5.41, 5.74) is 6.75. The van der Waals surface area contributed by atoms with Gasteiger partial charge < -0.3 is 5.73 Å². The van der Waals surface area contributed by atoms with Crippen LogP contribution in [0.25, 0.3) is 0 Å². The zero-order chi connectivity index (χ0) is 9.14. The molecule has 3 nitrogen and oxygen atoms in total. The summed E-state index contributed by atoms with van der Waals surface area (Å²) in [5.74, 6) is 1.47. The summed E-state index contributed by atoms with van der Waals surface area (Å²) in [5, 5.41) is 4.27. The SMILES string of the molecule is CC(C)CCc1cc(N)n(C)n1. The second-order valence-corrected chi connectivity index (χ2v) is 3.62. The second kappa shape index (κ2) is 3.61. The lowest BCUT2D eigenvalue weighted by molar-refractivity contribution is 0.576. The van der Waals surface area contributed by atoms with Crippen molar-refractivity contribution >= 4 is 5.82 Å². The summed E-state index contributed by atoms with van der Waals surface area (Å²) in [6.07, 6.45) is 2.21. The first-order valence-corrected chi connectivity index (χ1v) is 4.38. The van der Waals surface area contributed by atoms with Crippen LogP contribution in [0.3, 0.4) is 0 Å². The van der Waals surface area contributed by atoms with E-state index in [2.05, 4.69) is 18.9 Å². The van der Waals surface area contributed by atoms with Crippen LogP contribution in [0.15, 0.2) is 6.07 Å². The highest BCUT2D eigenvalue weighted by Crippen LogP contribution is 2.10. The van der Waals surface area contributed by atoms with E-state index in [4.69, 9.17) is 5.73 Å². The Balaban J connectivity index is 2.53. The molecule has 0 aliphatic heterocycles. The van der Waals surface area contributed by atoms with E-state index in [0.29, 0.717) is 0 Å². The smallest absolute Gasteiger partial charge is 0.121 e. The molecule has 0 aliphatic rings. The van der Waals surface area contributed by atoms with Crippen LogP contribution in [0.5, 0.6) is 0 Å². The normalized spacial score (nSPS) is 11.0. The Morgan fingerprint density at radius 3 is 2.67 bits per heavy atom. The van der Waals surface area contributed by atoms with Crippen LogP contribution in [0.4, 0.5) is 5.82 Å². The Bertz CT molecular complexity index is 231. The van der Waals surface area contributed by atoms with E-state index >= 15 is 0 Å². The number of nitrogens with zero attached hydrogens (tertiary/aromatic N) is 2. The highest BCUT2D eigenvalue weighted by molar-refractivity contribution is 5.30. The molecule has 0 radical (unpaired) electrons. The molecule has 0 fully saturated rings. The Morgan fingerprint density at radius 2 is 2.25 bits per heavy atom. The van der Waals surface area contributed by atoms with Gasteiger partial charge in [0.2, 0.25) is 0 Å². The van der Waals surface area contributed by atoms with E-state index in [1.54, 1.807) is 4.68 Å². The molecule has 1 aromatic heterocycles. The van der Waals surface area contributed by atoms with Gasteiger partial charge in [0.25, 0.3) is 0 Å². The quantitative estimate of drug-likeness (QED) is 0.743. The molecular weight excluding hydrogens is 150 g/mol. The van der Waals surface area contributed by atoms with Gasteiger partial charge in [-0.3, -0.25) is 4.68 Å². The summed E-state index contributed by atoms with van der Waals surface area (Å²) in [6, 6.07) is 1.95. The third kappa shape index (κ3) is 2.26. The molecule has 12 heavy (non-hydrogen) atoms. The van der Waals surface area contributed by atoms with Gasteiger partial charge in [0.05, 0.1) is 5.69 Å². The molecule has 0 aliphatic carbocycles. The number of aromatic nitrogens is 2. The van der Waals surface area contributed by atoms with Crippen molar-refractivity contribution in [2.24, 2.45) is 13.0 Å². The standard InChI is InChI=1S/C9H17N3/c1-7(2)4-5-8-6-9(10)12(3)11-8/h6-7H,4-5,10H2,1-3H3. The number of nitrogen functional groups attached to an aromatic ring is 1. The maximum Gasteiger partial charge on any atom is 0.121 e. The number of rotatable bonds is 3. The molecule has 68 valence electrons. The van der Waals surface area contributed by atoms with Crippen molar-refractivity contribution in [3.8, 4) is 0 Å². The lowest BCUT2D eigenvalue weighted by Crippen LogP contribution is -1.97. The monoisotopic (exact) mass is 167 g/mol. The van der Waals surface area contributed by atoms with Crippen LogP contribution in [-0.2, 0) is 13.5 Å². The first kappa shape index (κ1) is 9.10. The van der Waals surface area contributed by atoms with Crippen LogP contribution in [0, 0.1) is 5.92 Å². The maximum atomic E-state index is 5.65. The van der Waals surface area contributed by atoms with Gasteiger partial charge in [-0.15, -0.1) is 0 Å². The molecule has 0 bridgehead atoms. The molecule has 0 spiro atoms. The molecule has 0 amide bonds. The largest absolute Gasteiger partial charge is 0.384 e. The van der Waals surface area contributed by atoms with Gasteiger partial charge in [-0.2, -0.15) is 5.10 Å². The average molecular weight is 167 g/mol. The molecule has 1 heterocycles. The summed E-state index contributed by atoms with van der Waals surface area (Å²) in [6.45, 7) is 4.43. The van der Waals surface area contributed by atoms with Crippen molar-refractivity contribution in [2.75, 3.05) is 5.73 Å². The van der Waals surface area contributed by atoms with Gasteiger partial charge in [-0.05, 0) is 18.8 Å². The summed E-state index contributed by atoms with van der Waals surface area (Å²) in [7, 11) is 1.87. The number of aryl methyl sites for hydroxylation is 2. The fourth-order valence-corrected chi connectivity index (χ4v) is 1.10. The average Bonchev–Trinajstić information content (AvgIpc) is 2.28. The number of hydrogen-bond donors (Lipinski definition) is 1. The van der Waals surface area contributed by atoms with Gasteiger partial charge >= 0.3 is 0 Å². The number of anilines is 1. The van der Waals surface area contributed by atoms with E-state index in [1.807, 2.05) is 13.1 Å². The van der Waals surface area contributed by atoms with Crippen LogP contribution < -0.4 is 5.73 Å². The van der Waals surface area contributed by atoms with Gasteiger partial charge in [0, 0.05) is 13.1 Å². The van der Waals surface area contributed by atoms with Crippen molar-refractivity contribution in [3.63, 3.8) is 0 Å². The second-order valence-electron chi connectivity index (χ2n) is 3.62. The highest BCUT2D eigenvalue weighted by atomic mass is 15.3. The lowest BCUT2D eigenvalue weighted by Gasteiger charge is -2.00. The summed E-state index contributed by atoms with van der Waals surface area (Å²) >= 11 is 0. The molecule has 0 unspecified atom stereocenters. The van der Waals surface area contributed by atoms with Crippen LogP contribution in [-0.4, -0.2) is 9.78 Å². The predicted molar refractivity (Wildman–Crippen MR) is 50.8 cm³/mol. The van der Waals surface area contributed by atoms with Gasteiger partial charge in [-0.25, -0.2) is 0 Å². The predicted octanol–water partition coefficient (Wildman–Crippen LogP) is 1.59.